The lowest BCUT2D eigenvalue weighted by atomic mass is 10.2. The van der Waals surface area contributed by atoms with Crippen LogP contribution in [0, 0.1) is 6.92 Å². The summed E-state index contributed by atoms with van der Waals surface area (Å²) in [6.07, 6.45) is 1.08. The van der Waals surface area contributed by atoms with Crippen LogP contribution in [0.2, 0.25) is 5.02 Å². The molecule has 8 heteroatoms. The fraction of sp³-hybridized carbons (Fsp3) is 0.346. The monoisotopic (exact) mass is 494 g/mol. The zero-order chi connectivity index (χ0) is 25.3. The molecule has 0 radical (unpaired) electrons. The van der Waals surface area contributed by atoms with Crippen molar-refractivity contribution in [2.75, 3.05) is 16.3 Å². The summed E-state index contributed by atoms with van der Waals surface area (Å²) in [5, 5.41) is 0.675. The van der Waals surface area contributed by atoms with Crippen molar-refractivity contribution >= 4 is 29.0 Å². The van der Waals surface area contributed by atoms with Crippen molar-refractivity contribution in [3.8, 4) is 0 Å². The van der Waals surface area contributed by atoms with Crippen molar-refractivity contribution in [2.24, 2.45) is 0 Å². The van der Waals surface area contributed by atoms with Gasteiger partial charge in [0.25, 0.3) is 0 Å². The maximum Gasteiger partial charge on any atom is 0.572 e. The highest BCUT2D eigenvalue weighted by Crippen LogP contribution is 2.29. The number of alkyl halides is 3. The lowest BCUT2D eigenvalue weighted by Crippen LogP contribution is -2.33. The molecule has 184 valence electrons. The summed E-state index contributed by atoms with van der Waals surface area (Å²) in [5.41, 5.74) is 3.01. The third-order valence-electron chi connectivity index (χ3n) is 5.00. The van der Waals surface area contributed by atoms with Gasteiger partial charge in [-0.05, 0) is 62.7 Å². The standard InChI is InChI=1S/C17H17ClN2O.C7H7F3O.C2H6/c1-12-3-7-16(8-4-12)20-13(2)11-19(17(20)21)15-9-5-14(18)6-10-15;8-7(9,10)11-6-4-2-1-3-5-6;1-2/h3-10,13H,11H2,1-2H3;1-2,4H,3,5H2;1-2H3. The van der Waals surface area contributed by atoms with Gasteiger partial charge < -0.3 is 4.74 Å². The Kier molecular flexibility index (Phi) is 10.1. The van der Waals surface area contributed by atoms with Crippen molar-refractivity contribution in [3.05, 3.63) is 83.1 Å². The molecule has 0 bridgehead atoms. The number of amides is 2. The molecule has 2 amide bonds. The van der Waals surface area contributed by atoms with E-state index >= 15 is 0 Å². The van der Waals surface area contributed by atoms with Crippen LogP contribution in [0.3, 0.4) is 0 Å². The molecule has 34 heavy (non-hydrogen) atoms. The van der Waals surface area contributed by atoms with Crippen LogP contribution < -0.4 is 9.80 Å². The summed E-state index contributed by atoms with van der Waals surface area (Å²) in [4.78, 5) is 16.3. The molecule has 2 aromatic carbocycles. The molecule has 0 aromatic heterocycles. The van der Waals surface area contributed by atoms with E-state index in [1.807, 2.05) is 74.2 Å². The van der Waals surface area contributed by atoms with Crippen LogP contribution in [0.25, 0.3) is 0 Å². The van der Waals surface area contributed by atoms with E-state index in [0.717, 1.165) is 11.4 Å². The highest BCUT2D eigenvalue weighted by molar-refractivity contribution is 6.30. The second-order valence-electron chi connectivity index (χ2n) is 7.57. The van der Waals surface area contributed by atoms with Gasteiger partial charge in [-0.25, -0.2) is 4.79 Å². The lowest BCUT2D eigenvalue weighted by Gasteiger charge is -2.21. The van der Waals surface area contributed by atoms with Gasteiger partial charge in [-0.3, -0.25) is 9.80 Å². The van der Waals surface area contributed by atoms with E-state index in [0.29, 0.717) is 24.4 Å². The fourth-order valence-corrected chi connectivity index (χ4v) is 3.59. The van der Waals surface area contributed by atoms with E-state index in [-0.39, 0.29) is 17.8 Å². The molecule has 1 atom stereocenters. The summed E-state index contributed by atoms with van der Waals surface area (Å²) in [7, 11) is 0. The molecule has 1 fully saturated rings. The van der Waals surface area contributed by atoms with Gasteiger partial charge in [0.05, 0.1) is 6.04 Å². The summed E-state index contributed by atoms with van der Waals surface area (Å²) in [5.74, 6) is -0.0139. The first-order valence-electron chi connectivity index (χ1n) is 11.2. The topological polar surface area (TPSA) is 32.8 Å². The van der Waals surface area contributed by atoms with E-state index in [1.54, 1.807) is 17.1 Å². The van der Waals surface area contributed by atoms with E-state index in [4.69, 9.17) is 11.6 Å². The molecule has 1 aliphatic heterocycles. The molecule has 4 nitrogen and oxygen atoms in total. The Morgan fingerprint density at radius 1 is 1.00 bits per heavy atom. The predicted octanol–water partition coefficient (Wildman–Crippen LogP) is 8.27. The molecule has 4 rings (SSSR count). The maximum atomic E-state index is 12.7. The van der Waals surface area contributed by atoms with Gasteiger partial charge in [0, 0.05) is 29.4 Å². The van der Waals surface area contributed by atoms with Gasteiger partial charge >= 0.3 is 12.4 Å². The van der Waals surface area contributed by atoms with Crippen molar-refractivity contribution in [1.29, 1.82) is 0 Å². The summed E-state index contributed by atoms with van der Waals surface area (Å²) < 4.78 is 38.3. The van der Waals surface area contributed by atoms with Gasteiger partial charge in [0.1, 0.15) is 5.76 Å². The second kappa shape index (κ2) is 12.5. The summed E-state index contributed by atoms with van der Waals surface area (Å²) in [6, 6.07) is 15.6. The smallest absolute Gasteiger partial charge is 0.410 e. The van der Waals surface area contributed by atoms with Crippen molar-refractivity contribution in [3.63, 3.8) is 0 Å². The van der Waals surface area contributed by atoms with E-state index < -0.39 is 6.36 Å². The first kappa shape index (κ1) is 27.3. The molecule has 1 saturated heterocycles. The molecule has 0 saturated carbocycles. The first-order valence-corrected chi connectivity index (χ1v) is 11.6. The number of aryl methyl sites for hydroxylation is 1. The normalized spacial score (nSPS) is 17.4. The van der Waals surface area contributed by atoms with Crippen molar-refractivity contribution < 1.29 is 22.7 Å². The van der Waals surface area contributed by atoms with Crippen molar-refractivity contribution in [1.82, 2.24) is 0 Å². The van der Waals surface area contributed by atoms with Gasteiger partial charge in [0.2, 0.25) is 0 Å². The Bertz CT molecular complexity index is 987. The van der Waals surface area contributed by atoms with Crippen LogP contribution in [0.4, 0.5) is 29.3 Å². The molecule has 2 aromatic rings. The number of hydrogen-bond donors (Lipinski definition) is 0. The molecule has 1 heterocycles. The van der Waals surface area contributed by atoms with Crippen LogP contribution in [0.1, 0.15) is 39.2 Å². The number of nitrogens with zero attached hydrogens (tertiary/aromatic N) is 2. The Balaban J connectivity index is 0.000000266. The molecular weight excluding hydrogens is 465 g/mol. The minimum atomic E-state index is -4.54. The molecule has 1 unspecified atom stereocenters. The van der Waals surface area contributed by atoms with Gasteiger partial charge in [-0.1, -0.05) is 55.3 Å². The van der Waals surface area contributed by atoms with Crippen LogP contribution >= 0.6 is 11.6 Å². The summed E-state index contributed by atoms with van der Waals surface area (Å²) in [6.45, 7) is 8.78. The first-order chi connectivity index (χ1) is 16.1. The Hall–Kier alpha value is -2.93. The fourth-order valence-electron chi connectivity index (χ4n) is 3.46. The molecule has 0 spiro atoms. The van der Waals surface area contributed by atoms with Gasteiger partial charge in [-0.15, -0.1) is 13.2 Å². The average Bonchev–Trinajstić information content (AvgIpc) is 3.10. The number of rotatable bonds is 3. The average molecular weight is 495 g/mol. The van der Waals surface area contributed by atoms with Crippen LogP contribution in [-0.4, -0.2) is 25.0 Å². The molecule has 2 aliphatic rings. The number of halogens is 4. The van der Waals surface area contributed by atoms with E-state index in [2.05, 4.69) is 11.7 Å². The number of benzene rings is 2. The number of carbonyl (C=O) groups is 1. The number of allylic oxidation sites excluding steroid dienone is 4. The Morgan fingerprint density at radius 3 is 2.12 bits per heavy atom. The largest absolute Gasteiger partial charge is 0.572 e. The number of carbonyl (C=O) groups excluding carboxylic acids is 1. The third-order valence-corrected chi connectivity index (χ3v) is 5.25. The second-order valence-corrected chi connectivity index (χ2v) is 8.01. The number of ether oxygens (including phenoxy) is 1. The quantitative estimate of drug-likeness (QED) is 0.430. The number of urea groups is 1. The van der Waals surface area contributed by atoms with Crippen molar-refractivity contribution in [2.45, 2.75) is 52.9 Å². The molecule has 1 aliphatic carbocycles. The van der Waals surface area contributed by atoms with Gasteiger partial charge in [0.15, 0.2) is 0 Å². The number of hydrogen-bond acceptors (Lipinski definition) is 2. The van der Waals surface area contributed by atoms with Crippen LogP contribution in [-0.2, 0) is 4.74 Å². The van der Waals surface area contributed by atoms with Crippen LogP contribution in [0.15, 0.2) is 72.5 Å². The zero-order valence-corrected chi connectivity index (χ0v) is 20.5. The minimum Gasteiger partial charge on any atom is -0.410 e. The maximum absolute atomic E-state index is 12.7. The highest BCUT2D eigenvalue weighted by atomic mass is 35.5. The predicted molar refractivity (Wildman–Crippen MR) is 132 cm³/mol. The minimum absolute atomic E-state index is 0.00803. The lowest BCUT2D eigenvalue weighted by molar-refractivity contribution is -0.306. The Morgan fingerprint density at radius 2 is 1.59 bits per heavy atom. The van der Waals surface area contributed by atoms with E-state index in [9.17, 15) is 18.0 Å². The Labute approximate surface area is 204 Å². The summed E-state index contributed by atoms with van der Waals surface area (Å²) >= 11 is 5.91. The number of anilines is 2. The van der Waals surface area contributed by atoms with Gasteiger partial charge in [-0.2, -0.15) is 0 Å². The van der Waals surface area contributed by atoms with Crippen LogP contribution in [0.5, 0.6) is 0 Å². The molecular formula is C26H30ClF3N2O2. The zero-order valence-electron chi connectivity index (χ0n) is 19.8. The highest BCUT2D eigenvalue weighted by Gasteiger charge is 2.36. The third kappa shape index (κ3) is 7.83. The SMILES string of the molecule is CC.Cc1ccc(N2C(=O)N(c3ccc(Cl)cc3)CC2C)cc1.FC(F)(F)OC1=CC=CCC1. The van der Waals surface area contributed by atoms with E-state index in [1.165, 1.54) is 11.6 Å². The molecule has 0 N–H and O–H groups in total.